The van der Waals surface area contributed by atoms with Crippen molar-refractivity contribution in [1.82, 2.24) is 15.8 Å². The zero-order chi connectivity index (χ0) is 19.5. The van der Waals surface area contributed by atoms with Crippen LogP contribution < -0.4 is 21.2 Å². The molecule has 0 aromatic heterocycles. The largest absolute Gasteiger partial charge is 0.494 e. The Kier molecular flexibility index (Phi) is 3.61. The van der Waals surface area contributed by atoms with E-state index in [2.05, 4.69) is 33.9 Å². The highest BCUT2D eigenvalue weighted by molar-refractivity contribution is 5.95. The number of nitrogens with zero attached hydrogens (tertiary/aromatic N) is 3. The number of ether oxygens (including phenoxy) is 1. The van der Waals surface area contributed by atoms with E-state index in [-0.39, 0.29) is 6.17 Å². The van der Waals surface area contributed by atoms with Crippen LogP contribution in [0.2, 0.25) is 0 Å². The van der Waals surface area contributed by atoms with E-state index in [0.717, 1.165) is 48.8 Å². The lowest BCUT2D eigenvalue weighted by Crippen LogP contribution is -2.47. The van der Waals surface area contributed by atoms with Gasteiger partial charge in [-0.3, -0.25) is 5.43 Å². The molecule has 1 saturated carbocycles. The van der Waals surface area contributed by atoms with Crippen LogP contribution in [0.25, 0.3) is 0 Å². The average molecular weight is 388 g/mol. The van der Waals surface area contributed by atoms with E-state index in [1.54, 1.807) is 7.11 Å². The van der Waals surface area contributed by atoms with E-state index in [9.17, 15) is 0 Å². The van der Waals surface area contributed by atoms with Crippen LogP contribution in [0.3, 0.4) is 0 Å². The molecule has 1 aliphatic carbocycles. The van der Waals surface area contributed by atoms with E-state index in [1.807, 2.05) is 23.2 Å². The summed E-state index contributed by atoms with van der Waals surface area (Å²) >= 11 is 0. The normalized spacial score (nSPS) is 26.5. The number of rotatable bonds is 3. The second kappa shape index (κ2) is 6.22. The van der Waals surface area contributed by atoms with Crippen molar-refractivity contribution in [2.45, 2.75) is 31.5 Å². The molecule has 29 heavy (non-hydrogen) atoms. The van der Waals surface area contributed by atoms with Gasteiger partial charge in [0.1, 0.15) is 17.3 Å². The Labute approximate surface area is 169 Å². The molecule has 0 bridgehead atoms. The van der Waals surface area contributed by atoms with Crippen LogP contribution in [0.1, 0.15) is 40.8 Å². The minimum atomic E-state index is -0.191. The Hall–Kier alpha value is -3.06. The lowest BCUT2D eigenvalue weighted by atomic mass is 9.96. The van der Waals surface area contributed by atoms with E-state index in [4.69, 9.17) is 15.5 Å². The maximum absolute atomic E-state index is 6.24. The van der Waals surface area contributed by atoms with Crippen LogP contribution in [0.4, 0.5) is 5.69 Å². The molecule has 7 nitrogen and oxygen atoms in total. The van der Waals surface area contributed by atoms with E-state index in [1.165, 1.54) is 16.7 Å². The molecule has 2 aromatic carbocycles. The summed E-state index contributed by atoms with van der Waals surface area (Å²) in [5.74, 6) is 3.08. The molecule has 1 fully saturated rings. The molecule has 3 atom stereocenters. The molecule has 148 valence electrons. The number of nitrogens with two attached hydrogens (primary N) is 1. The molecule has 2 aromatic rings. The molecule has 3 heterocycles. The second-order valence-corrected chi connectivity index (χ2v) is 8.14. The SMILES string of the molecule is COc1cccc2c1N=C(N)N1NC([C@@H]3C[C@H]3c3ccc4c(c3)CCNC4)=NC21. The van der Waals surface area contributed by atoms with Crippen molar-refractivity contribution in [2.75, 3.05) is 13.7 Å². The fraction of sp³-hybridized carbons (Fsp3) is 0.364. The Morgan fingerprint density at radius 2 is 2.10 bits per heavy atom. The number of aliphatic imine (C=N–C) groups is 2. The Morgan fingerprint density at radius 1 is 1.17 bits per heavy atom. The fourth-order valence-corrected chi connectivity index (χ4v) is 4.77. The van der Waals surface area contributed by atoms with Gasteiger partial charge >= 0.3 is 0 Å². The summed E-state index contributed by atoms with van der Waals surface area (Å²) in [6.45, 7) is 2.05. The first kappa shape index (κ1) is 16.9. The molecule has 0 amide bonds. The summed E-state index contributed by atoms with van der Waals surface area (Å²) in [4.78, 5) is 9.56. The summed E-state index contributed by atoms with van der Waals surface area (Å²) in [6.07, 6.45) is 2.04. The summed E-state index contributed by atoms with van der Waals surface area (Å²) in [6, 6.07) is 12.9. The molecule has 1 unspecified atom stereocenters. The summed E-state index contributed by atoms with van der Waals surface area (Å²) in [7, 11) is 1.65. The van der Waals surface area contributed by atoms with Crippen molar-refractivity contribution in [3.05, 3.63) is 58.7 Å². The molecular formula is C22H24N6O. The number of amidine groups is 1. The quantitative estimate of drug-likeness (QED) is 0.751. The molecule has 4 aliphatic rings. The number of para-hydroxylation sites is 1. The first-order valence-electron chi connectivity index (χ1n) is 10.2. The third-order valence-corrected chi connectivity index (χ3v) is 6.43. The van der Waals surface area contributed by atoms with Crippen LogP contribution in [-0.2, 0) is 13.0 Å². The van der Waals surface area contributed by atoms with Crippen LogP contribution in [0.15, 0.2) is 46.4 Å². The number of hydrazine groups is 1. The van der Waals surface area contributed by atoms with Gasteiger partial charge in [0, 0.05) is 18.0 Å². The topological polar surface area (TPSA) is 87.3 Å². The average Bonchev–Trinajstić information content (AvgIpc) is 3.43. The van der Waals surface area contributed by atoms with Crippen LogP contribution in [0, 0.1) is 5.92 Å². The molecule has 7 heteroatoms. The molecule has 0 spiro atoms. The van der Waals surface area contributed by atoms with Crippen molar-refractivity contribution in [3.8, 4) is 5.75 Å². The zero-order valence-corrected chi connectivity index (χ0v) is 16.4. The van der Waals surface area contributed by atoms with E-state index >= 15 is 0 Å². The number of hydrogen-bond acceptors (Lipinski definition) is 7. The van der Waals surface area contributed by atoms with Crippen LogP contribution >= 0.6 is 0 Å². The maximum atomic E-state index is 6.24. The fourth-order valence-electron chi connectivity index (χ4n) is 4.77. The van der Waals surface area contributed by atoms with Gasteiger partial charge < -0.3 is 15.8 Å². The van der Waals surface area contributed by atoms with Crippen LogP contribution in [-0.4, -0.2) is 30.5 Å². The highest BCUT2D eigenvalue weighted by Gasteiger charge is 2.47. The van der Waals surface area contributed by atoms with Gasteiger partial charge in [-0.25, -0.2) is 15.0 Å². The third-order valence-electron chi connectivity index (χ3n) is 6.43. The maximum Gasteiger partial charge on any atom is 0.218 e. The number of hydrogen-bond donors (Lipinski definition) is 3. The Morgan fingerprint density at radius 3 is 3.00 bits per heavy atom. The van der Waals surface area contributed by atoms with Gasteiger partial charge in [-0.2, -0.15) is 0 Å². The number of guanidine groups is 1. The molecule has 0 saturated heterocycles. The Bertz CT molecular complexity index is 1060. The lowest BCUT2D eigenvalue weighted by Gasteiger charge is -2.29. The summed E-state index contributed by atoms with van der Waals surface area (Å²) in [5.41, 5.74) is 15.8. The van der Waals surface area contributed by atoms with Crippen molar-refractivity contribution >= 4 is 17.5 Å². The smallest absolute Gasteiger partial charge is 0.218 e. The lowest BCUT2D eigenvalue weighted by molar-refractivity contribution is 0.308. The van der Waals surface area contributed by atoms with Gasteiger partial charge in [0.25, 0.3) is 0 Å². The summed E-state index contributed by atoms with van der Waals surface area (Å²) in [5, 5.41) is 5.31. The third kappa shape index (κ3) is 2.61. The molecule has 0 radical (unpaired) electrons. The predicted octanol–water partition coefficient (Wildman–Crippen LogP) is 2.32. The minimum Gasteiger partial charge on any atom is -0.494 e. The standard InChI is InChI=1S/C22H24N6O/c1-29-18-4-2-3-15-19(18)25-22(23)28-21(15)26-20(27-28)17-10-16(17)13-5-6-14-11-24-8-7-12(14)9-13/h2-6,9,16-17,21,24H,7-8,10-11H2,1H3,(H2,23,25)(H,26,27)/t16-,17+,21?/m0/s1. The van der Waals surface area contributed by atoms with Crippen molar-refractivity contribution < 1.29 is 4.74 Å². The monoisotopic (exact) mass is 388 g/mol. The zero-order valence-electron chi connectivity index (χ0n) is 16.4. The van der Waals surface area contributed by atoms with Crippen molar-refractivity contribution in [3.63, 3.8) is 0 Å². The van der Waals surface area contributed by atoms with Crippen molar-refractivity contribution in [2.24, 2.45) is 21.6 Å². The van der Waals surface area contributed by atoms with Gasteiger partial charge in [0.05, 0.1) is 7.11 Å². The Balaban J connectivity index is 1.28. The first-order chi connectivity index (χ1) is 14.2. The number of fused-ring (bicyclic) bond motifs is 4. The molecule has 4 N–H and O–H groups in total. The van der Waals surface area contributed by atoms with Gasteiger partial charge in [-0.15, -0.1) is 0 Å². The minimum absolute atomic E-state index is 0.191. The molecular weight excluding hydrogens is 364 g/mol. The summed E-state index contributed by atoms with van der Waals surface area (Å²) < 4.78 is 5.46. The first-order valence-corrected chi connectivity index (χ1v) is 10.2. The molecule has 3 aliphatic heterocycles. The second-order valence-electron chi connectivity index (χ2n) is 8.14. The molecule has 6 rings (SSSR count). The van der Waals surface area contributed by atoms with E-state index in [0.29, 0.717) is 17.8 Å². The van der Waals surface area contributed by atoms with Gasteiger partial charge in [-0.05, 0) is 48.1 Å². The highest BCUT2D eigenvalue weighted by atomic mass is 16.5. The van der Waals surface area contributed by atoms with Gasteiger partial charge in [0.2, 0.25) is 5.96 Å². The van der Waals surface area contributed by atoms with Gasteiger partial charge in [0.15, 0.2) is 6.17 Å². The predicted molar refractivity (Wildman–Crippen MR) is 112 cm³/mol. The number of methoxy groups -OCH3 is 1. The van der Waals surface area contributed by atoms with E-state index < -0.39 is 0 Å². The number of benzene rings is 2. The van der Waals surface area contributed by atoms with Crippen molar-refractivity contribution in [1.29, 1.82) is 0 Å². The van der Waals surface area contributed by atoms with Gasteiger partial charge in [-0.1, -0.05) is 30.3 Å². The number of nitrogens with one attached hydrogen (secondary N) is 2. The highest BCUT2D eigenvalue weighted by Crippen LogP contribution is 2.51. The van der Waals surface area contributed by atoms with Crippen LogP contribution in [0.5, 0.6) is 5.75 Å².